The number of nitro benzene ring substituents is 1. The summed E-state index contributed by atoms with van der Waals surface area (Å²) in [6, 6.07) is 11.5. The standard InChI is InChI=1S/C15H14N2O4/c1-10-4-2-5-11(8-10)9-16-15(19)12-6-3-7-13(14(12)18)17(20)21/h2-8,18H,9H2,1H3,(H,16,19). The molecule has 2 aromatic carbocycles. The van der Waals surface area contributed by atoms with Crippen molar-refractivity contribution in [3.05, 3.63) is 69.3 Å². The van der Waals surface area contributed by atoms with Crippen LogP contribution in [0, 0.1) is 17.0 Å². The molecule has 21 heavy (non-hydrogen) atoms. The van der Waals surface area contributed by atoms with Crippen LogP contribution in [-0.4, -0.2) is 15.9 Å². The van der Waals surface area contributed by atoms with Crippen LogP contribution in [0.15, 0.2) is 42.5 Å². The second kappa shape index (κ2) is 6.04. The van der Waals surface area contributed by atoms with Gasteiger partial charge in [-0.25, -0.2) is 0 Å². The Hall–Kier alpha value is -2.89. The van der Waals surface area contributed by atoms with Crippen molar-refractivity contribution < 1.29 is 14.8 Å². The molecule has 2 N–H and O–H groups in total. The molecule has 0 unspecified atom stereocenters. The van der Waals surface area contributed by atoms with E-state index >= 15 is 0 Å². The van der Waals surface area contributed by atoms with Gasteiger partial charge in [-0.1, -0.05) is 35.9 Å². The number of nitrogens with zero attached hydrogens (tertiary/aromatic N) is 1. The molecule has 0 saturated carbocycles. The molecule has 2 rings (SSSR count). The minimum atomic E-state index is -0.729. The summed E-state index contributed by atoms with van der Waals surface area (Å²) >= 11 is 0. The van der Waals surface area contributed by atoms with Crippen molar-refractivity contribution in [3.63, 3.8) is 0 Å². The van der Waals surface area contributed by atoms with Crippen LogP contribution in [0.25, 0.3) is 0 Å². The summed E-state index contributed by atoms with van der Waals surface area (Å²) in [5, 5.41) is 23.1. The average molecular weight is 286 g/mol. The molecule has 2 aromatic rings. The number of amides is 1. The highest BCUT2D eigenvalue weighted by Crippen LogP contribution is 2.29. The maximum atomic E-state index is 12.0. The molecule has 0 aliphatic rings. The number of nitro groups is 1. The van der Waals surface area contributed by atoms with Gasteiger partial charge >= 0.3 is 5.69 Å². The minimum Gasteiger partial charge on any atom is -0.502 e. The highest BCUT2D eigenvalue weighted by Gasteiger charge is 2.20. The molecule has 0 spiro atoms. The highest BCUT2D eigenvalue weighted by molar-refractivity contribution is 5.98. The number of hydrogen-bond donors (Lipinski definition) is 2. The Morgan fingerprint density at radius 1 is 1.29 bits per heavy atom. The fraction of sp³-hybridized carbons (Fsp3) is 0.133. The summed E-state index contributed by atoms with van der Waals surface area (Å²) < 4.78 is 0. The smallest absolute Gasteiger partial charge is 0.311 e. The lowest BCUT2D eigenvalue weighted by atomic mass is 10.1. The lowest BCUT2D eigenvalue weighted by molar-refractivity contribution is -0.385. The van der Waals surface area contributed by atoms with Crippen molar-refractivity contribution in [2.75, 3.05) is 0 Å². The van der Waals surface area contributed by atoms with Gasteiger partial charge in [0, 0.05) is 12.6 Å². The molecule has 0 heterocycles. The second-order valence-corrected chi connectivity index (χ2v) is 4.60. The van der Waals surface area contributed by atoms with E-state index in [2.05, 4.69) is 5.32 Å². The van der Waals surface area contributed by atoms with E-state index in [1.807, 2.05) is 31.2 Å². The van der Waals surface area contributed by atoms with Gasteiger partial charge in [0.2, 0.25) is 5.75 Å². The first kappa shape index (κ1) is 14.5. The second-order valence-electron chi connectivity index (χ2n) is 4.60. The van der Waals surface area contributed by atoms with E-state index in [1.165, 1.54) is 12.1 Å². The summed E-state index contributed by atoms with van der Waals surface area (Å²) in [6.45, 7) is 2.22. The summed E-state index contributed by atoms with van der Waals surface area (Å²) in [5.74, 6) is -1.18. The zero-order valence-corrected chi connectivity index (χ0v) is 11.4. The lowest BCUT2D eigenvalue weighted by Crippen LogP contribution is -2.23. The number of phenols is 1. The monoisotopic (exact) mass is 286 g/mol. The van der Waals surface area contributed by atoms with Gasteiger partial charge in [0.15, 0.2) is 0 Å². The average Bonchev–Trinajstić information content (AvgIpc) is 2.45. The summed E-state index contributed by atoms with van der Waals surface area (Å²) in [5.41, 5.74) is 1.38. The molecule has 0 saturated heterocycles. The van der Waals surface area contributed by atoms with Gasteiger partial charge in [-0.3, -0.25) is 14.9 Å². The Morgan fingerprint density at radius 3 is 2.67 bits per heavy atom. The van der Waals surface area contributed by atoms with Gasteiger partial charge in [0.1, 0.15) is 0 Å². The lowest BCUT2D eigenvalue weighted by Gasteiger charge is -2.07. The fourth-order valence-electron chi connectivity index (χ4n) is 1.96. The van der Waals surface area contributed by atoms with Gasteiger partial charge in [-0.15, -0.1) is 0 Å². The number of aromatic hydroxyl groups is 1. The number of aryl methyl sites for hydroxylation is 1. The Balaban J connectivity index is 2.14. The number of rotatable bonds is 4. The number of phenolic OH excluding ortho intramolecular Hbond substituents is 1. The van der Waals surface area contributed by atoms with E-state index in [4.69, 9.17) is 0 Å². The maximum absolute atomic E-state index is 12.0. The molecular weight excluding hydrogens is 272 g/mol. The molecule has 6 nitrogen and oxygen atoms in total. The molecule has 0 atom stereocenters. The van der Waals surface area contributed by atoms with Crippen LogP contribution in [0.2, 0.25) is 0 Å². The van der Waals surface area contributed by atoms with E-state index in [9.17, 15) is 20.0 Å². The normalized spacial score (nSPS) is 10.1. The largest absolute Gasteiger partial charge is 0.502 e. The van der Waals surface area contributed by atoms with Crippen LogP contribution < -0.4 is 5.32 Å². The van der Waals surface area contributed by atoms with Crippen molar-refractivity contribution in [3.8, 4) is 5.75 Å². The third kappa shape index (κ3) is 3.36. The number of nitrogens with one attached hydrogen (secondary N) is 1. The molecule has 0 aromatic heterocycles. The molecule has 0 aliphatic carbocycles. The predicted octanol–water partition coefficient (Wildman–Crippen LogP) is 2.54. The van der Waals surface area contributed by atoms with E-state index in [0.717, 1.165) is 17.2 Å². The fourth-order valence-corrected chi connectivity index (χ4v) is 1.96. The first-order valence-electron chi connectivity index (χ1n) is 6.29. The third-order valence-corrected chi connectivity index (χ3v) is 2.99. The summed E-state index contributed by atoms with van der Waals surface area (Å²) in [7, 11) is 0. The molecule has 108 valence electrons. The molecule has 0 aliphatic heterocycles. The Labute approximate surface area is 121 Å². The maximum Gasteiger partial charge on any atom is 0.311 e. The zero-order valence-electron chi connectivity index (χ0n) is 11.4. The molecule has 0 radical (unpaired) electrons. The van der Waals surface area contributed by atoms with E-state index in [1.54, 1.807) is 0 Å². The Morgan fingerprint density at radius 2 is 2.00 bits per heavy atom. The summed E-state index contributed by atoms with van der Waals surface area (Å²) in [6.07, 6.45) is 0. The number of hydrogen-bond acceptors (Lipinski definition) is 4. The predicted molar refractivity (Wildman–Crippen MR) is 77.1 cm³/mol. The van der Waals surface area contributed by atoms with Crippen molar-refractivity contribution in [2.24, 2.45) is 0 Å². The van der Waals surface area contributed by atoms with Crippen LogP contribution in [0.1, 0.15) is 21.5 Å². The first-order valence-corrected chi connectivity index (χ1v) is 6.29. The minimum absolute atomic E-state index is 0.114. The number of carbonyl (C=O) groups is 1. The van der Waals surface area contributed by atoms with Crippen molar-refractivity contribution >= 4 is 11.6 Å². The molecule has 6 heteroatoms. The zero-order chi connectivity index (χ0) is 15.4. The summed E-state index contributed by atoms with van der Waals surface area (Å²) in [4.78, 5) is 22.0. The topological polar surface area (TPSA) is 92.5 Å². The number of carbonyl (C=O) groups excluding carboxylic acids is 1. The van der Waals surface area contributed by atoms with Crippen LogP contribution >= 0.6 is 0 Å². The first-order chi connectivity index (χ1) is 9.99. The number of para-hydroxylation sites is 1. The van der Waals surface area contributed by atoms with Gasteiger partial charge in [-0.2, -0.15) is 0 Å². The Kier molecular flexibility index (Phi) is 4.18. The van der Waals surface area contributed by atoms with Gasteiger partial charge in [-0.05, 0) is 18.6 Å². The van der Waals surface area contributed by atoms with E-state index in [0.29, 0.717) is 0 Å². The highest BCUT2D eigenvalue weighted by atomic mass is 16.6. The van der Waals surface area contributed by atoms with E-state index in [-0.39, 0.29) is 12.1 Å². The molecule has 0 bridgehead atoms. The van der Waals surface area contributed by atoms with Crippen molar-refractivity contribution in [1.82, 2.24) is 5.32 Å². The van der Waals surface area contributed by atoms with Crippen LogP contribution in [0.3, 0.4) is 0 Å². The van der Waals surface area contributed by atoms with Gasteiger partial charge < -0.3 is 10.4 Å². The molecular formula is C15H14N2O4. The Bertz CT molecular complexity index is 698. The molecule has 0 fully saturated rings. The van der Waals surface area contributed by atoms with E-state index < -0.39 is 22.3 Å². The molecule has 1 amide bonds. The van der Waals surface area contributed by atoms with Crippen molar-refractivity contribution in [2.45, 2.75) is 13.5 Å². The van der Waals surface area contributed by atoms with Crippen LogP contribution in [0.4, 0.5) is 5.69 Å². The number of benzene rings is 2. The van der Waals surface area contributed by atoms with Crippen LogP contribution in [0.5, 0.6) is 5.75 Å². The quantitative estimate of drug-likeness (QED) is 0.667. The van der Waals surface area contributed by atoms with Crippen LogP contribution in [-0.2, 0) is 6.54 Å². The SMILES string of the molecule is Cc1cccc(CNC(=O)c2cccc([N+](=O)[O-])c2O)c1. The van der Waals surface area contributed by atoms with Gasteiger partial charge in [0.05, 0.1) is 10.5 Å². The van der Waals surface area contributed by atoms with Crippen molar-refractivity contribution in [1.29, 1.82) is 0 Å². The third-order valence-electron chi connectivity index (χ3n) is 2.99. The van der Waals surface area contributed by atoms with Gasteiger partial charge in [0.25, 0.3) is 5.91 Å².